The van der Waals surface area contributed by atoms with Crippen LogP contribution in [0.15, 0.2) is 57.7 Å². The molecule has 0 saturated heterocycles. The summed E-state index contributed by atoms with van der Waals surface area (Å²) in [6.07, 6.45) is 1.14. The third-order valence-electron chi connectivity index (χ3n) is 5.40. The molecule has 8 heteroatoms. The number of aromatic nitrogens is 2. The Morgan fingerprint density at radius 2 is 1.84 bits per heavy atom. The molecule has 31 heavy (non-hydrogen) atoms. The van der Waals surface area contributed by atoms with Crippen molar-refractivity contribution in [1.82, 2.24) is 10.2 Å². The van der Waals surface area contributed by atoms with Crippen molar-refractivity contribution >= 4 is 27.4 Å². The van der Waals surface area contributed by atoms with Crippen LogP contribution in [0.5, 0.6) is 0 Å². The zero-order valence-corrected chi connectivity index (χ0v) is 18.0. The third-order valence-corrected chi connectivity index (χ3v) is 6.48. The van der Waals surface area contributed by atoms with Gasteiger partial charge in [-0.05, 0) is 47.7 Å². The molecule has 2 heterocycles. The second kappa shape index (κ2) is 8.56. The van der Waals surface area contributed by atoms with Crippen LogP contribution in [0.3, 0.4) is 0 Å². The van der Waals surface area contributed by atoms with Gasteiger partial charge in [-0.1, -0.05) is 49.4 Å². The van der Waals surface area contributed by atoms with Gasteiger partial charge in [0.25, 0.3) is 0 Å². The van der Waals surface area contributed by atoms with Gasteiger partial charge < -0.3 is 14.8 Å². The first kappa shape index (κ1) is 21.1. The van der Waals surface area contributed by atoms with E-state index in [1.807, 2.05) is 26.0 Å². The molecule has 6 nitrogen and oxygen atoms in total. The Balaban J connectivity index is 1.58. The van der Waals surface area contributed by atoms with Crippen molar-refractivity contribution in [3.8, 4) is 11.1 Å². The van der Waals surface area contributed by atoms with Crippen LogP contribution in [-0.2, 0) is 12.1 Å². The van der Waals surface area contributed by atoms with Gasteiger partial charge in [-0.2, -0.15) is 0 Å². The summed E-state index contributed by atoms with van der Waals surface area (Å²) in [5.74, 6) is -0.333. The molecule has 2 aromatic heterocycles. The lowest BCUT2D eigenvalue weighted by atomic mass is 9.99. The molecule has 0 unspecified atom stereocenters. The average molecular weight is 440 g/mol. The summed E-state index contributed by atoms with van der Waals surface area (Å²) in [5.41, 5.74) is 1.36. The van der Waals surface area contributed by atoms with Crippen molar-refractivity contribution in [2.24, 2.45) is 0 Å². The first-order valence-corrected chi connectivity index (χ1v) is 10.9. The summed E-state index contributed by atoms with van der Waals surface area (Å²) in [6, 6.07) is 13.0. The number of anilines is 1. The minimum Gasteiger partial charge on any atom is -0.423 e. The number of aliphatic hydroxyl groups is 1. The Labute approximate surface area is 182 Å². The fourth-order valence-corrected chi connectivity index (χ4v) is 4.37. The van der Waals surface area contributed by atoms with E-state index in [1.54, 1.807) is 18.2 Å². The molecule has 0 amide bonds. The van der Waals surface area contributed by atoms with Crippen LogP contribution >= 0.6 is 11.3 Å². The quantitative estimate of drug-likeness (QED) is 0.391. The molecule has 160 valence electrons. The van der Waals surface area contributed by atoms with Crippen LogP contribution in [0.2, 0.25) is 0 Å². The molecule has 4 rings (SSSR count). The molecule has 0 saturated carbocycles. The lowest BCUT2D eigenvalue weighted by Crippen LogP contribution is -2.23. The van der Waals surface area contributed by atoms with Gasteiger partial charge in [0.15, 0.2) is 5.01 Å². The average Bonchev–Trinajstić information content (AvgIpc) is 3.26. The molecule has 0 aliphatic rings. The minimum absolute atomic E-state index is 0.333. The number of nitrogens with zero attached hydrogens (tertiary/aromatic N) is 2. The van der Waals surface area contributed by atoms with E-state index in [9.17, 15) is 14.3 Å². The zero-order valence-electron chi connectivity index (χ0n) is 17.2. The van der Waals surface area contributed by atoms with E-state index in [2.05, 4.69) is 15.5 Å². The second-order valence-electron chi connectivity index (χ2n) is 7.32. The molecular weight excluding hydrogens is 417 g/mol. The SMILES string of the molecule is CCC(O)(CC)c1nnc(NCc2ccc3c(-c4ccc(F)cc4)cc(=O)oc3c2)s1. The van der Waals surface area contributed by atoms with E-state index in [0.717, 1.165) is 16.5 Å². The second-order valence-corrected chi connectivity index (χ2v) is 8.30. The maximum atomic E-state index is 13.3. The van der Waals surface area contributed by atoms with Gasteiger partial charge in [0.2, 0.25) is 5.13 Å². The molecule has 2 N–H and O–H groups in total. The molecule has 0 radical (unpaired) electrons. The Kier molecular flexibility index (Phi) is 5.84. The van der Waals surface area contributed by atoms with Crippen molar-refractivity contribution in [1.29, 1.82) is 0 Å². The van der Waals surface area contributed by atoms with E-state index in [4.69, 9.17) is 4.42 Å². The standard InChI is InChI=1S/C23H22FN3O3S/c1-3-23(29,4-2)21-26-27-22(31-21)25-13-14-5-10-17-18(12-20(28)30-19(17)11-14)15-6-8-16(24)9-7-15/h5-12,29H,3-4,13H2,1-2H3,(H,25,27). The normalized spacial score (nSPS) is 11.7. The van der Waals surface area contributed by atoms with Gasteiger partial charge in [0.1, 0.15) is 17.0 Å². The predicted molar refractivity (Wildman–Crippen MR) is 120 cm³/mol. The Bertz CT molecular complexity index is 1260. The highest BCUT2D eigenvalue weighted by Crippen LogP contribution is 2.33. The number of halogens is 1. The maximum Gasteiger partial charge on any atom is 0.336 e. The molecule has 0 bridgehead atoms. The van der Waals surface area contributed by atoms with Crippen LogP contribution in [0.4, 0.5) is 9.52 Å². The molecule has 4 aromatic rings. The van der Waals surface area contributed by atoms with Crippen LogP contribution < -0.4 is 10.9 Å². The van der Waals surface area contributed by atoms with Crippen LogP contribution in [-0.4, -0.2) is 15.3 Å². The van der Waals surface area contributed by atoms with Gasteiger partial charge >= 0.3 is 5.63 Å². The number of rotatable bonds is 7. The lowest BCUT2D eigenvalue weighted by molar-refractivity contribution is 0.0275. The van der Waals surface area contributed by atoms with E-state index >= 15 is 0 Å². The summed E-state index contributed by atoms with van der Waals surface area (Å²) in [6.45, 7) is 4.29. The largest absolute Gasteiger partial charge is 0.423 e. The van der Waals surface area contributed by atoms with Crippen LogP contribution in [0, 0.1) is 5.82 Å². The van der Waals surface area contributed by atoms with Gasteiger partial charge in [-0.15, -0.1) is 10.2 Å². The van der Waals surface area contributed by atoms with Crippen LogP contribution in [0.25, 0.3) is 22.1 Å². The number of hydrogen-bond acceptors (Lipinski definition) is 7. The number of nitrogens with one attached hydrogen (secondary N) is 1. The highest BCUT2D eigenvalue weighted by molar-refractivity contribution is 7.15. The van der Waals surface area contributed by atoms with Crippen molar-refractivity contribution in [2.75, 3.05) is 5.32 Å². The van der Waals surface area contributed by atoms with E-state index < -0.39 is 11.2 Å². The lowest BCUT2D eigenvalue weighted by Gasteiger charge is -2.21. The third kappa shape index (κ3) is 4.35. The van der Waals surface area contributed by atoms with Crippen molar-refractivity contribution in [3.63, 3.8) is 0 Å². The van der Waals surface area contributed by atoms with Gasteiger partial charge in [0, 0.05) is 18.0 Å². The molecule has 0 spiro atoms. The summed E-state index contributed by atoms with van der Waals surface area (Å²) in [7, 11) is 0. The molecule has 0 atom stereocenters. The van der Waals surface area contributed by atoms with Gasteiger partial charge in [0.05, 0.1) is 0 Å². The number of fused-ring (bicyclic) bond motifs is 1. The van der Waals surface area contributed by atoms with Crippen molar-refractivity contribution in [2.45, 2.75) is 38.8 Å². The Morgan fingerprint density at radius 1 is 1.10 bits per heavy atom. The van der Waals surface area contributed by atoms with E-state index in [0.29, 0.717) is 40.7 Å². The fourth-order valence-electron chi connectivity index (χ4n) is 3.40. The molecule has 0 fully saturated rings. The summed E-state index contributed by atoms with van der Waals surface area (Å²) < 4.78 is 18.7. The van der Waals surface area contributed by atoms with Crippen molar-refractivity contribution in [3.05, 3.63) is 75.3 Å². The zero-order chi connectivity index (χ0) is 22.0. The van der Waals surface area contributed by atoms with E-state index in [-0.39, 0.29) is 5.82 Å². The van der Waals surface area contributed by atoms with Crippen molar-refractivity contribution < 1.29 is 13.9 Å². The highest BCUT2D eigenvalue weighted by atomic mass is 32.1. The highest BCUT2D eigenvalue weighted by Gasteiger charge is 2.29. The molecular formula is C23H22FN3O3S. The molecule has 2 aromatic carbocycles. The first-order chi connectivity index (χ1) is 14.9. The monoisotopic (exact) mass is 439 g/mol. The smallest absolute Gasteiger partial charge is 0.336 e. The topological polar surface area (TPSA) is 88.3 Å². The predicted octanol–water partition coefficient (Wildman–Crippen LogP) is 5.07. The molecule has 0 aliphatic carbocycles. The minimum atomic E-state index is -0.958. The Morgan fingerprint density at radius 3 is 2.55 bits per heavy atom. The van der Waals surface area contributed by atoms with E-state index in [1.165, 1.54) is 29.5 Å². The Hall–Kier alpha value is -3.10. The number of hydrogen-bond donors (Lipinski definition) is 2. The number of benzene rings is 2. The maximum absolute atomic E-state index is 13.3. The summed E-state index contributed by atoms with van der Waals surface area (Å²) >= 11 is 1.33. The summed E-state index contributed by atoms with van der Waals surface area (Å²) in [5, 5.41) is 24.0. The van der Waals surface area contributed by atoms with Gasteiger partial charge in [-0.3, -0.25) is 0 Å². The van der Waals surface area contributed by atoms with Crippen LogP contribution in [0.1, 0.15) is 37.3 Å². The first-order valence-electron chi connectivity index (χ1n) is 10.0. The summed E-state index contributed by atoms with van der Waals surface area (Å²) in [4.78, 5) is 12.1. The molecule has 0 aliphatic heterocycles. The fraction of sp³-hybridized carbons (Fsp3) is 0.261. The van der Waals surface area contributed by atoms with Gasteiger partial charge in [-0.25, -0.2) is 9.18 Å².